The first-order chi connectivity index (χ1) is 4.84. The average Bonchev–Trinajstić information content (AvgIpc) is 2.05. The maximum atomic E-state index is 10.2. The van der Waals surface area contributed by atoms with Crippen molar-refractivity contribution in [3.8, 4) is 0 Å². The van der Waals surface area contributed by atoms with Gasteiger partial charge in [-0.1, -0.05) is 6.92 Å². The molecule has 0 bridgehead atoms. The zero-order valence-corrected chi connectivity index (χ0v) is 5.69. The molecule has 1 atom stereocenters. The number of aromatic nitrogens is 2. The Morgan fingerprint density at radius 2 is 2.50 bits per heavy atom. The minimum Gasteiger partial charge on any atom is -0.303 e. The first-order valence-electron chi connectivity index (χ1n) is 3.07. The van der Waals surface area contributed by atoms with Gasteiger partial charge in [0.2, 0.25) is 0 Å². The third kappa shape index (κ3) is 1.37. The summed E-state index contributed by atoms with van der Waals surface area (Å²) < 4.78 is 0. The molecule has 1 aromatic heterocycles. The van der Waals surface area contributed by atoms with Crippen molar-refractivity contribution >= 4 is 6.29 Å². The molecule has 0 aliphatic rings. The predicted octanol–water partition coefficient (Wildman–Crippen LogP) is 0.779. The summed E-state index contributed by atoms with van der Waals surface area (Å²) in [6.45, 7) is 1.79. The number of rotatable bonds is 2. The van der Waals surface area contributed by atoms with Crippen LogP contribution in [0.15, 0.2) is 18.3 Å². The van der Waals surface area contributed by atoms with Crippen LogP contribution >= 0.6 is 0 Å². The molecule has 0 aromatic carbocycles. The van der Waals surface area contributed by atoms with Crippen molar-refractivity contribution in [1.29, 1.82) is 0 Å². The maximum absolute atomic E-state index is 10.2. The molecule has 0 radical (unpaired) electrons. The predicted molar refractivity (Wildman–Crippen MR) is 36.5 cm³/mol. The van der Waals surface area contributed by atoms with Gasteiger partial charge >= 0.3 is 0 Å². The summed E-state index contributed by atoms with van der Waals surface area (Å²) in [5, 5.41) is 7.41. The quantitative estimate of drug-likeness (QED) is 0.564. The molecule has 0 saturated carbocycles. The lowest BCUT2D eigenvalue weighted by atomic mass is 10.1. The van der Waals surface area contributed by atoms with Crippen molar-refractivity contribution in [3.63, 3.8) is 0 Å². The highest BCUT2D eigenvalue weighted by molar-refractivity contribution is 5.59. The van der Waals surface area contributed by atoms with Crippen LogP contribution in [0.3, 0.4) is 0 Å². The Balaban J connectivity index is 2.84. The SMILES string of the molecule is CC(C=O)c1cccnn1. The van der Waals surface area contributed by atoms with E-state index >= 15 is 0 Å². The van der Waals surface area contributed by atoms with Gasteiger partial charge in [0.1, 0.15) is 6.29 Å². The highest BCUT2D eigenvalue weighted by Gasteiger charge is 2.02. The summed E-state index contributed by atoms with van der Waals surface area (Å²) in [6.07, 6.45) is 2.44. The monoisotopic (exact) mass is 136 g/mol. The zero-order valence-electron chi connectivity index (χ0n) is 5.69. The van der Waals surface area contributed by atoms with E-state index in [9.17, 15) is 4.79 Å². The second kappa shape index (κ2) is 3.06. The standard InChI is InChI=1S/C7H8N2O/c1-6(5-10)7-3-2-4-8-9-7/h2-6H,1H3. The molecule has 10 heavy (non-hydrogen) atoms. The molecule has 1 heterocycles. The third-order valence-corrected chi connectivity index (χ3v) is 1.26. The van der Waals surface area contributed by atoms with E-state index in [1.165, 1.54) is 0 Å². The second-order valence-electron chi connectivity index (χ2n) is 2.07. The van der Waals surface area contributed by atoms with Gasteiger partial charge in [-0.25, -0.2) is 0 Å². The molecule has 1 rings (SSSR count). The molecule has 0 N–H and O–H groups in total. The zero-order chi connectivity index (χ0) is 7.40. The Hall–Kier alpha value is -1.25. The van der Waals surface area contributed by atoms with Crippen LogP contribution in [0, 0.1) is 0 Å². The summed E-state index contributed by atoms with van der Waals surface area (Å²) >= 11 is 0. The molecular formula is C7H8N2O. The molecule has 0 aliphatic heterocycles. The van der Waals surface area contributed by atoms with Gasteiger partial charge in [0.25, 0.3) is 0 Å². The summed E-state index contributed by atoms with van der Waals surface area (Å²) in [7, 11) is 0. The Morgan fingerprint density at radius 1 is 1.70 bits per heavy atom. The van der Waals surface area contributed by atoms with E-state index in [1.807, 2.05) is 0 Å². The number of hydrogen-bond acceptors (Lipinski definition) is 3. The van der Waals surface area contributed by atoms with Gasteiger partial charge in [-0.05, 0) is 12.1 Å². The smallest absolute Gasteiger partial charge is 0.128 e. The lowest BCUT2D eigenvalue weighted by Gasteiger charge is -1.97. The van der Waals surface area contributed by atoms with Crippen LogP contribution in [0.25, 0.3) is 0 Å². The van der Waals surface area contributed by atoms with Gasteiger partial charge < -0.3 is 4.79 Å². The molecule has 1 aromatic rings. The minimum absolute atomic E-state index is 0.145. The van der Waals surface area contributed by atoms with Crippen molar-refractivity contribution in [2.75, 3.05) is 0 Å². The fraction of sp³-hybridized carbons (Fsp3) is 0.286. The molecule has 1 unspecified atom stereocenters. The molecule has 3 nitrogen and oxygen atoms in total. The molecule has 0 amide bonds. The first kappa shape index (κ1) is 6.86. The molecule has 0 spiro atoms. The van der Waals surface area contributed by atoms with Crippen LogP contribution in [0.2, 0.25) is 0 Å². The van der Waals surface area contributed by atoms with E-state index in [4.69, 9.17) is 0 Å². The van der Waals surface area contributed by atoms with E-state index in [1.54, 1.807) is 25.3 Å². The van der Waals surface area contributed by atoms with Crippen LogP contribution in [0.5, 0.6) is 0 Å². The molecular weight excluding hydrogens is 128 g/mol. The van der Waals surface area contributed by atoms with Crippen LogP contribution < -0.4 is 0 Å². The van der Waals surface area contributed by atoms with E-state index in [2.05, 4.69) is 10.2 Å². The molecule has 3 heteroatoms. The fourth-order valence-electron chi connectivity index (χ4n) is 0.626. The van der Waals surface area contributed by atoms with Gasteiger partial charge in [-0.15, -0.1) is 0 Å². The molecule has 0 aliphatic carbocycles. The summed E-state index contributed by atoms with van der Waals surface area (Å²) in [5.41, 5.74) is 0.720. The van der Waals surface area contributed by atoms with Gasteiger partial charge in [0, 0.05) is 6.20 Å². The molecule has 0 fully saturated rings. The summed E-state index contributed by atoms with van der Waals surface area (Å²) in [5.74, 6) is -0.145. The highest BCUT2D eigenvalue weighted by Crippen LogP contribution is 2.05. The Labute approximate surface area is 59.1 Å². The van der Waals surface area contributed by atoms with Crippen LogP contribution in [0.1, 0.15) is 18.5 Å². The average molecular weight is 136 g/mol. The van der Waals surface area contributed by atoms with E-state index in [0.29, 0.717) is 0 Å². The number of hydrogen-bond donors (Lipinski definition) is 0. The van der Waals surface area contributed by atoms with Gasteiger partial charge in [0.15, 0.2) is 0 Å². The number of carbonyl (C=O) groups excluding carboxylic acids is 1. The summed E-state index contributed by atoms with van der Waals surface area (Å²) in [6, 6.07) is 3.55. The normalized spacial score (nSPS) is 12.5. The Kier molecular flexibility index (Phi) is 2.10. The lowest BCUT2D eigenvalue weighted by Crippen LogP contribution is -1.98. The van der Waals surface area contributed by atoms with Crippen molar-refractivity contribution in [3.05, 3.63) is 24.0 Å². The van der Waals surface area contributed by atoms with Crippen molar-refractivity contribution in [1.82, 2.24) is 10.2 Å². The van der Waals surface area contributed by atoms with E-state index in [-0.39, 0.29) is 5.92 Å². The van der Waals surface area contributed by atoms with Gasteiger partial charge in [-0.2, -0.15) is 10.2 Å². The van der Waals surface area contributed by atoms with Crippen molar-refractivity contribution in [2.45, 2.75) is 12.8 Å². The number of aldehydes is 1. The van der Waals surface area contributed by atoms with Crippen LogP contribution in [-0.2, 0) is 4.79 Å². The largest absolute Gasteiger partial charge is 0.303 e. The van der Waals surface area contributed by atoms with Crippen molar-refractivity contribution < 1.29 is 4.79 Å². The van der Waals surface area contributed by atoms with E-state index in [0.717, 1.165) is 12.0 Å². The highest BCUT2D eigenvalue weighted by atomic mass is 16.1. The van der Waals surface area contributed by atoms with Crippen LogP contribution in [0.4, 0.5) is 0 Å². The fourth-order valence-corrected chi connectivity index (χ4v) is 0.626. The topological polar surface area (TPSA) is 42.9 Å². The first-order valence-corrected chi connectivity index (χ1v) is 3.07. The van der Waals surface area contributed by atoms with Gasteiger partial charge in [-0.3, -0.25) is 0 Å². The Bertz CT molecular complexity index is 210. The maximum Gasteiger partial charge on any atom is 0.128 e. The minimum atomic E-state index is -0.145. The molecule has 0 saturated heterocycles. The molecule has 52 valence electrons. The van der Waals surface area contributed by atoms with Crippen molar-refractivity contribution in [2.24, 2.45) is 0 Å². The Morgan fingerprint density at radius 3 is 3.00 bits per heavy atom. The van der Waals surface area contributed by atoms with E-state index < -0.39 is 0 Å². The number of carbonyl (C=O) groups is 1. The van der Waals surface area contributed by atoms with Gasteiger partial charge in [0.05, 0.1) is 11.6 Å². The third-order valence-electron chi connectivity index (χ3n) is 1.26. The second-order valence-corrected chi connectivity index (χ2v) is 2.07. The lowest BCUT2D eigenvalue weighted by molar-refractivity contribution is -0.108. The number of nitrogens with zero attached hydrogens (tertiary/aromatic N) is 2. The summed E-state index contributed by atoms with van der Waals surface area (Å²) in [4.78, 5) is 10.2. The van der Waals surface area contributed by atoms with Crippen LogP contribution in [-0.4, -0.2) is 16.5 Å².